The van der Waals surface area contributed by atoms with Gasteiger partial charge in [0, 0.05) is 29.3 Å². The van der Waals surface area contributed by atoms with Gasteiger partial charge in [-0.05, 0) is 39.2 Å². The standard InChI is InChI=1S/C14H20BrN3O/c1-10-8-16-13(9-17(2)3)14(19)18(10)12-6-4-5-11(15)7-12/h4-7,10,13,16H,8-9H2,1-3H3. The number of amides is 1. The molecule has 1 N–H and O–H groups in total. The van der Waals surface area contributed by atoms with E-state index in [9.17, 15) is 4.79 Å². The summed E-state index contributed by atoms with van der Waals surface area (Å²) in [6, 6.07) is 7.94. The van der Waals surface area contributed by atoms with E-state index < -0.39 is 0 Å². The lowest BCUT2D eigenvalue weighted by Gasteiger charge is -2.39. The van der Waals surface area contributed by atoms with Crippen LogP contribution in [0.4, 0.5) is 5.69 Å². The highest BCUT2D eigenvalue weighted by Crippen LogP contribution is 2.24. The lowest BCUT2D eigenvalue weighted by Crippen LogP contribution is -2.62. The van der Waals surface area contributed by atoms with Crippen LogP contribution in [0, 0.1) is 0 Å². The first-order valence-electron chi connectivity index (χ1n) is 6.46. The van der Waals surface area contributed by atoms with Crippen molar-refractivity contribution in [1.82, 2.24) is 10.2 Å². The summed E-state index contributed by atoms with van der Waals surface area (Å²) >= 11 is 3.46. The first-order valence-corrected chi connectivity index (χ1v) is 7.25. The maximum absolute atomic E-state index is 12.6. The number of benzene rings is 1. The Morgan fingerprint density at radius 3 is 2.84 bits per heavy atom. The highest BCUT2D eigenvalue weighted by Gasteiger charge is 2.33. The Kier molecular flexibility index (Phi) is 4.60. The molecule has 0 bridgehead atoms. The van der Waals surface area contributed by atoms with Gasteiger partial charge < -0.3 is 15.1 Å². The van der Waals surface area contributed by atoms with Gasteiger partial charge in [-0.25, -0.2) is 0 Å². The number of carbonyl (C=O) groups is 1. The molecule has 0 aromatic heterocycles. The summed E-state index contributed by atoms with van der Waals surface area (Å²) < 4.78 is 0.993. The summed E-state index contributed by atoms with van der Waals surface area (Å²) in [5.41, 5.74) is 0.956. The van der Waals surface area contributed by atoms with Gasteiger partial charge in [0.15, 0.2) is 0 Å². The summed E-state index contributed by atoms with van der Waals surface area (Å²) in [6.07, 6.45) is 0. The van der Waals surface area contributed by atoms with Crippen molar-refractivity contribution < 1.29 is 4.79 Å². The molecule has 104 valence electrons. The lowest BCUT2D eigenvalue weighted by atomic mass is 10.1. The number of hydrogen-bond donors (Lipinski definition) is 1. The molecule has 1 saturated heterocycles. The Hall–Kier alpha value is -0.910. The molecule has 1 heterocycles. The van der Waals surface area contributed by atoms with Gasteiger partial charge in [-0.15, -0.1) is 0 Å². The molecule has 1 aliphatic rings. The molecule has 0 spiro atoms. The fourth-order valence-electron chi connectivity index (χ4n) is 2.39. The molecule has 1 amide bonds. The van der Waals surface area contributed by atoms with Gasteiger partial charge in [0.1, 0.15) is 6.04 Å². The molecule has 2 rings (SSSR count). The first kappa shape index (κ1) is 14.5. The minimum Gasteiger partial charge on any atom is -0.307 e. The fourth-order valence-corrected chi connectivity index (χ4v) is 2.78. The molecule has 1 aliphatic heterocycles. The van der Waals surface area contributed by atoms with E-state index in [4.69, 9.17) is 0 Å². The Morgan fingerprint density at radius 2 is 2.21 bits per heavy atom. The fraction of sp³-hybridized carbons (Fsp3) is 0.500. The number of carbonyl (C=O) groups excluding carboxylic acids is 1. The highest BCUT2D eigenvalue weighted by atomic mass is 79.9. The molecule has 1 fully saturated rings. The molecular formula is C14H20BrN3O. The second-order valence-corrected chi connectivity index (χ2v) is 6.18. The summed E-state index contributed by atoms with van der Waals surface area (Å²) in [6.45, 7) is 3.60. The average Bonchev–Trinajstić information content (AvgIpc) is 2.33. The SMILES string of the molecule is CC1CNC(CN(C)C)C(=O)N1c1cccc(Br)c1. The van der Waals surface area contributed by atoms with Gasteiger partial charge >= 0.3 is 0 Å². The number of piperazine rings is 1. The van der Waals surface area contributed by atoms with E-state index in [1.165, 1.54) is 0 Å². The average molecular weight is 326 g/mol. The van der Waals surface area contributed by atoms with Crippen LogP contribution in [-0.2, 0) is 4.79 Å². The zero-order chi connectivity index (χ0) is 14.0. The van der Waals surface area contributed by atoms with Crippen LogP contribution in [0.3, 0.4) is 0 Å². The Morgan fingerprint density at radius 1 is 1.47 bits per heavy atom. The third-order valence-electron chi connectivity index (χ3n) is 3.27. The quantitative estimate of drug-likeness (QED) is 0.918. The Bertz CT molecular complexity index is 464. The van der Waals surface area contributed by atoms with Crippen molar-refractivity contribution in [1.29, 1.82) is 0 Å². The number of hydrogen-bond acceptors (Lipinski definition) is 3. The van der Waals surface area contributed by atoms with Crippen molar-refractivity contribution in [2.75, 3.05) is 32.1 Å². The minimum absolute atomic E-state index is 0.134. The van der Waals surface area contributed by atoms with E-state index >= 15 is 0 Å². The van der Waals surface area contributed by atoms with E-state index in [0.29, 0.717) is 0 Å². The van der Waals surface area contributed by atoms with Crippen molar-refractivity contribution in [3.8, 4) is 0 Å². The van der Waals surface area contributed by atoms with Crippen LogP contribution < -0.4 is 10.2 Å². The molecular weight excluding hydrogens is 306 g/mol. The van der Waals surface area contributed by atoms with E-state index in [1.807, 2.05) is 48.2 Å². The predicted molar refractivity (Wildman–Crippen MR) is 81.4 cm³/mol. The summed E-state index contributed by atoms with van der Waals surface area (Å²) in [5.74, 6) is 0.144. The second kappa shape index (κ2) is 6.03. The first-order chi connectivity index (χ1) is 8.99. The van der Waals surface area contributed by atoms with Crippen LogP contribution in [0.15, 0.2) is 28.7 Å². The molecule has 0 saturated carbocycles. The predicted octanol–water partition coefficient (Wildman–Crippen LogP) is 1.70. The van der Waals surface area contributed by atoms with Gasteiger partial charge in [-0.1, -0.05) is 22.0 Å². The number of rotatable bonds is 3. The third kappa shape index (κ3) is 3.35. The molecule has 2 unspecified atom stereocenters. The molecule has 5 heteroatoms. The van der Waals surface area contributed by atoms with Crippen LogP contribution in [0.1, 0.15) is 6.92 Å². The number of likely N-dealkylation sites (N-methyl/N-ethyl adjacent to an activating group) is 1. The van der Waals surface area contributed by atoms with Crippen LogP contribution >= 0.6 is 15.9 Å². The summed E-state index contributed by atoms with van der Waals surface area (Å²) in [7, 11) is 3.97. The lowest BCUT2D eigenvalue weighted by molar-refractivity contribution is -0.122. The van der Waals surface area contributed by atoms with Crippen molar-refractivity contribution in [3.05, 3.63) is 28.7 Å². The third-order valence-corrected chi connectivity index (χ3v) is 3.76. The monoisotopic (exact) mass is 325 g/mol. The molecule has 0 radical (unpaired) electrons. The maximum atomic E-state index is 12.6. The van der Waals surface area contributed by atoms with Crippen molar-refractivity contribution in [2.45, 2.75) is 19.0 Å². The van der Waals surface area contributed by atoms with Gasteiger partial charge in [0.05, 0.1) is 0 Å². The van der Waals surface area contributed by atoms with E-state index in [-0.39, 0.29) is 18.0 Å². The molecule has 0 aliphatic carbocycles. The molecule has 1 aromatic rings. The molecule has 2 atom stereocenters. The minimum atomic E-state index is -0.134. The van der Waals surface area contributed by atoms with E-state index in [1.54, 1.807) is 0 Å². The summed E-state index contributed by atoms with van der Waals surface area (Å²) in [4.78, 5) is 16.5. The number of nitrogens with zero attached hydrogens (tertiary/aromatic N) is 2. The zero-order valence-electron chi connectivity index (χ0n) is 11.6. The van der Waals surface area contributed by atoms with Crippen molar-refractivity contribution in [2.24, 2.45) is 0 Å². The zero-order valence-corrected chi connectivity index (χ0v) is 13.1. The Labute approximate surface area is 122 Å². The Balaban J connectivity index is 2.24. The van der Waals surface area contributed by atoms with Crippen LogP contribution in [0.5, 0.6) is 0 Å². The number of nitrogens with one attached hydrogen (secondary N) is 1. The topological polar surface area (TPSA) is 35.6 Å². The van der Waals surface area contributed by atoms with Crippen molar-refractivity contribution >= 4 is 27.5 Å². The molecule has 19 heavy (non-hydrogen) atoms. The van der Waals surface area contributed by atoms with Gasteiger partial charge in [-0.3, -0.25) is 4.79 Å². The van der Waals surface area contributed by atoms with Gasteiger partial charge in [0.2, 0.25) is 5.91 Å². The van der Waals surface area contributed by atoms with Crippen LogP contribution in [0.2, 0.25) is 0 Å². The maximum Gasteiger partial charge on any atom is 0.245 e. The van der Waals surface area contributed by atoms with E-state index in [0.717, 1.165) is 23.2 Å². The van der Waals surface area contributed by atoms with Crippen molar-refractivity contribution in [3.63, 3.8) is 0 Å². The normalized spacial score (nSPS) is 24.1. The molecule has 1 aromatic carbocycles. The number of anilines is 1. The molecule has 4 nitrogen and oxygen atoms in total. The van der Waals surface area contributed by atoms with E-state index in [2.05, 4.69) is 28.2 Å². The van der Waals surface area contributed by atoms with Gasteiger partial charge in [-0.2, -0.15) is 0 Å². The largest absolute Gasteiger partial charge is 0.307 e. The van der Waals surface area contributed by atoms with Crippen LogP contribution in [-0.4, -0.2) is 50.1 Å². The summed E-state index contributed by atoms with van der Waals surface area (Å²) in [5, 5.41) is 3.32. The highest BCUT2D eigenvalue weighted by molar-refractivity contribution is 9.10. The van der Waals surface area contributed by atoms with Gasteiger partial charge in [0.25, 0.3) is 0 Å². The smallest absolute Gasteiger partial charge is 0.245 e. The number of halogens is 1. The van der Waals surface area contributed by atoms with Crippen LogP contribution in [0.25, 0.3) is 0 Å². The second-order valence-electron chi connectivity index (χ2n) is 5.26.